The summed E-state index contributed by atoms with van der Waals surface area (Å²) in [5, 5.41) is 17.7. The summed E-state index contributed by atoms with van der Waals surface area (Å²) < 4.78 is 6.99. The van der Waals surface area contributed by atoms with Crippen LogP contribution in [-0.2, 0) is 6.54 Å². The average molecular weight is 326 g/mol. The third-order valence-electron chi connectivity index (χ3n) is 4.03. The summed E-state index contributed by atoms with van der Waals surface area (Å²) in [4.78, 5) is 3.98. The minimum atomic E-state index is -0.584. The van der Waals surface area contributed by atoms with Gasteiger partial charge in [0.15, 0.2) is 0 Å². The fourth-order valence-electron chi connectivity index (χ4n) is 2.72. The van der Waals surface area contributed by atoms with Gasteiger partial charge in [0.1, 0.15) is 24.5 Å². The molecule has 2 heterocycles. The minimum absolute atomic E-state index is 0.167. The van der Waals surface area contributed by atoms with Gasteiger partial charge in [0.25, 0.3) is 0 Å². The normalized spacial score (nSPS) is 13.8. The number of aryl methyl sites for hydroxylation is 1. The lowest BCUT2D eigenvalue weighted by Crippen LogP contribution is -2.27. The van der Waals surface area contributed by atoms with E-state index in [1.807, 2.05) is 6.07 Å². The van der Waals surface area contributed by atoms with Crippen molar-refractivity contribution in [3.63, 3.8) is 0 Å². The Labute approximate surface area is 141 Å². The molecule has 3 aromatic rings. The van der Waals surface area contributed by atoms with Gasteiger partial charge in [-0.1, -0.05) is 12.1 Å². The van der Waals surface area contributed by atoms with Crippen molar-refractivity contribution >= 4 is 0 Å². The average Bonchev–Trinajstić information content (AvgIpc) is 3.26. The molecule has 0 saturated carbocycles. The summed E-state index contributed by atoms with van der Waals surface area (Å²) in [5.74, 6) is 0.608. The van der Waals surface area contributed by atoms with Crippen LogP contribution in [0.1, 0.15) is 36.3 Å². The lowest BCUT2D eigenvalue weighted by molar-refractivity contribution is 0.128. The molecule has 126 valence electrons. The van der Waals surface area contributed by atoms with Crippen LogP contribution in [0.25, 0.3) is 5.69 Å². The molecule has 0 radical (unpaired) electrons. The van der Waals surface area contributed by atoms with Crippen LogP contribution in [0, 0.1) is 6.92 Å². The maximum Gasteiger partial charge on any atom is 0.138 e. The molecule has 1 aromatic carbocycles. The lowest BCUT2D eigenvalue weighted by atomic mass is 10.1. The SMILES string of the molecule is Cc1cc(CNC(C)CC(O)c2ccco2)ccc1-n1cncn1. The quantitative estimate of drug-likeness (QED) is 0.698. The van der Waals surface area contributed by atoms with E-state index < -0.39 is 6.10 Å². The molecule has 2 N–H and O–H groups in total. The van der Waals surface area contributed by atoms with Gasteiger partial charge in [-0.05, 0) is 49.6 Å². The van der Waals surface area contributed by atoms with Crippen LogP contribution in [0.4, 0.5) is 0 Å². The summed E-state index contributed by atoms with van der Waals surface area (Å²) >= 11 is 0. The number of hydrogen-bond donors (Lipinski definition) is 2. The maximum atomic E-state index is 10.1. The second-order valence-corrected chi connectivity index (χ2v) is 6.01. The molecular weight excluding hydrogens is 304 g/mol. The molecule has 24 heavy (non-hydrogen) atoms. The number of hydrogen-bond acceptors (Lipinski definition) is 5. The van der Waals surface area contributed by atoms with Crippen LogP contribution in [0.15, 0.2) is 53.7 Å². The van der Waals surface area contributed by atoms with Gasteiger partial charge < -0.3 is 14.8 Å². The third kappa shape index (κ3) is 3.90. The highest BCUT2D eigenvalue weighted by Crippen LogP contribution is 2.19. The molecular formula is C18H22N4O2. The zero-order chi connectivity index (χ0) is 16.9. The van der Waals surface area contributed by atoms with E-state index in [-0.39, 0.29) is 6.04 Å². The summed E-state index contributed by atoms with van der Waals surface area (Å²) in [6, 6.07) is 10.0. The van der Waals surface area contributed by atoms with Gasteiger partial charge >= 0.3 is 0 Å². The Bertz CT molecular complexity index is 753. The second kappa shape index (κ2) is 7.42. The number of benzene rings is 1. The molecule has 0 bridgehead atoms. The molecule has 0 aliphatic rings. The fourth-order valence-corrected chi connectivity index (χ4v) is 2.72. The van der Waals surface area contributed by atoms with Crippen LogP contribution in [-0.4, -0.2) is 25.9 Å². The summed E-state index contributed by atoms with van der Waals surface area (Å²) in [5.41, 5.74) is 3.36. The summed E-state index contributed by atoms with van der Waals surface area (Å²) in [7, 11) is 0. The van der Waals surface area contributed by atoms with E-state index in [1.54, 1.807) is 29.4 Å². The van der Waals surface area contributed by atoms with Crippen molar-refractivity contribution in [1.29, 1.82) is 0 Å². The smallest absolute Gasteiger partial charge is 0.138 e. The van der Waals surface area contributed by atoms with E-state index >= 15 is 0 Å². The topological polar surface area (TPSA) is 76.1 Å². The van der Waals surface area contributed by atoms with Gasteiger partial charge in [0.2, 0.25) is 0 Å². The Morgan fingerprint density at radius 1 is 1.33 bits per heavy atom. The number of nitrogens with zero attached hydrogens (tertiary/aromatic N) is 3. The van der Waals surface area contributed by atoms with Gasteiger partial charge in [-0.3, -0.25) is 0 Å². The van der Waals surface area contributed by atoms with E-state index in [0.717, 1.165) is 17.8 Å². The first-order chi connectivity index (χ1) is 11.6. The monoisotopic (exact) mass is 326 g/mol. The van der Waals surface area contributed by atoms with E-state index in [2.05, 4.69) is 41.4 Å². The molecule has 0 spiro atoms. The highest BCUT2D eigenvalue weighted by Gasteiger charge is 2.14. The summed E-state index contributed by atoms with van der Waals surface area (Å²) in [6.07, 6.45) is 4.82. The number of furan rings is 1. The first kappa shape index (κ1) is 16.4. The fraction of sp³-hybridized carbons (Fsp3) is 0.333. The van der Waals surface area contributed by atoms with Crippen molar-refractivity contribution in [2.75, 3.05) is 0 Å². The molecule has 0 fully saturated rings. The van der Waals surface area contributed by atoms with Crippen LogP contribution in [0.3, 0.4) is 0 Å². The number of rotatable bonds is 7. The Kier molecular flexibility index (Phi) is 5.08. The van der Waals surface area contributed by atoms with Crippen LogP contribution in [0.2, 0.25) is 0 Å². The Morgan fingerprint density at radius 3 is 2.88 bits per heavy atom. The minimum Gasteiger partial charge on any atom is -0.467 e. The molecule has 2 aromatic heterocycles. The molecule has 2 unspecified atom stereocenters. The maximum absolute atomic E-state index is 10.1. The van der Waals surface area contributed by atoms with E-state index in [0.29, 0.717) is 12.2 Å². The van der Waals surface area contributed by atoms with Crippen LogP contribution in [0.5, 0.6) is 0 Å². The standard InChI is InChI=1S/C18H22N4O2/c1-13-8-15(5-6-16(13)22-12-19-11-21-22)10-20-14(2)9-17(23)18-4-3-7-24-18/h3-8,11-12,14,17,20,23H,9-10H2,1-2H3. The first-order valence-corrected chi connectivity index (χ1v) is 8.03. The van der Waals surface area contributed by atoms with E-state index in [1.165, 1.54) is 11.9 Å². The highest BCUT2D eigenvalue weighted by atomic mass is 16.4. The molecule has 0 aliphatic carbocycles. The molecule has 2 atom stereocenters. The summed E-state index contributed by atoms with van der Waals surface area (Å²) in [6.45, 7) is 4.86. The number of aromatic nitrogens is 3. The molecule has 6 nitrogen and oxygen atoms in total. The van der Waals surface area contributed by atoms with Crippen LogP contribution < -0.4 is 5.32 Å². The molecule has 0 saturated heterocycles. The number of aliphatic hydroxyl groups excluding tert-OH is 1. The third-order valence-corrected chi connectivity index (χ3v) is 4.03. The lowest BCUT2D eigenvalue weighted by Gasteiger charge is -2.17. The largest absolute Gasteiger partial charge is 0.467 e. The number of nitrogens with one attached hydrogen (secondary N) is 1. The molecule has 3 rings (SSSR count). The van der Waals surface area contributed by atoms with Gasteiger partial charge in [-0.25, -0.2) is 9.67 Å². The van der Waals surface area contributed by atoms with E-state index in [4.69, 9.17) is 4.42 Å². The number of aliphatic hydroxyl groups is 1. The Hall–Kier alpha value is -2.44. The molecule has 6 heteroatoms. The molecule has 0 amide bonds. The van der Waals surface area contributed by atoms with Gasteiger partial charge in [0.05, 0.1) is 12.0 Å². The van der Waals surface area contributed by atoms with Gasteiger partial charge in [-0.2, -0.15) is 5.10 Å². The van der Waals surface area contributed by atoms with Crippen molar-refractivity contribution in [1.82, 2.24) is 20.1 Å². The highest BCUT2D eigenvalue weighted by molar-refractivity contribution is 5.41. The van der Waals surface area contributed by atoms with Crippen molar-refractivity contribution < 1.29 is 9.52 Å². The first-order valence-electron chi connectivity index (χ1n) is 8.03. The Balaban J connectivity index is 1.55. The zero-order valence-electron chi connectivity index (χ0n) is 13.9. The van der Waals surface area contributed by atoms with E-state index in [9.17, 15) is 5.11 Å². The predicted molar refractivity (Wildman–Crippen MR) is 90.7 cm³/mol. The van der Waals surface area contributed by atoms with Gasteiger partial charge in [-0.15, -0.1) is 0 Å². The zero-order valence-corrected chi connectivity index (χ0v) is 13.9. The van der Waals surface area contributed by atoms with Crippen molar-refractivity contribution in [3.05, 3.63) is 66.1 Å². The Morgan fingerprint density at radius 2 is 2.21 bits per heavy atom. The van der Waals surface area contributed by atoms with Crippen LogP contribution >= 0.6 is 0 Å². The van der Waals surface area contributed by atoms with Crippen molar-refractivity contribution in [3.8, 4) is 5.69 Å². The van der Waals surface area contributed by atoms with Gasteiger partial charge in [0, 0.05) is 12.6 Å². The molecule has 0 aliphatic heterocycles. The predicted octanol–water partition coefficient (Wildman–Crippen LogP) is 2.77. The van der Waals surface area contributed by atoms with Crippen molar-refractivity contribution in [2.24, 2.45) is 0 Å². The second-order valence-electron chi connectivity index (χ2n) is 6.01. The van der Waals surface area contributed by atoms with Crippen molar-refractivity contribution in [2.45, 2.75) is 39.0 Å².